The van der Waals surface area contributed by atoms with Gasteiger partial charge in [0, 0.05) is 17.9 Å². The minimum Gasteiger partial charge on any atom is -0.444 e. The summed E-state index contributed by atoms with van der Waals surface area (Å²) in [6, 6.07) is 3.68. The van der Waals surface area contributed by atoms with E-state index in [2.05, 4.69) is 26.6 Å². The number of carbonyl (C=O) groups excluding carboxylic acids is 3. The number of alkyl carbamates (subject to hydrolysis) is 1. The Morgan fingerprint density at radius 2 is 1.96 bits per heavy atom. The van der Waals surface area contributed by atoms with Crippen LogP contribution in [0.25, 0.3) is 0 Å². The van der Waals surface area contributed by atoms with E-state index in [1.807, 2.05) is 6.07 Å². The maximum atomic E-state index is 12.2. The predicted octanol–water partition coefficient (Wildman–Crippen LogP) is 2.82. The highest BCUT2D eigenvalue weighted by Crippen LogP contribution is 2.38. The Labute approximate surface area is 155 Å². The number of anilines is 2. The van der Waals surface area contributed by atoms with Crippen LogP contribution in [-0.4, -0.2) is 36.6 Å². The van der Waals surface area contributed by atoms with E-state index >= 15 is 0 Å². The second kappa shape index (κ2) is 7.43. The van der Waals surface area contributed by atoms with E-state index in [0.29, 0.717) is 17.9 Å². The highest BCUT2D eigenvalue weighted by Gasteiger charge is 2.26. The van der Waals surface area contributed by atoms with Crippen LogP contribution < -0.4 is 15.5 Å². The molecule has 25 heavy (non-hydrogen) atoms. The number of amides is 3. The van der Waals surface area contributed by atoms with E-state index in [4.69, 9.17) is 4.74 Å². The lowest BCUT2D eigenvalue weighted by Crippen LogP contribution is -2.37. The smallest absolute Gasteiger partial charge is 0.408 e. The molecular formula is C17H22BrN3O4. The van der Waals surface area contributed by atoms with Gasteiger partial charge in [-0.05, 0) is 44.9 Å². The molecule has 0 spiro atoms. The molecule has 0 unspecified atom stereocenters. The van der Waals surface area contributed by atoms with Crippen LogP contribution in [0, 0.1) is 0 Å². The molecule has 8 heteroatoms. The minimum atomic E-state index is -0.660. The van der Waals surface area contributed by atoms with Gasteiger partial charge in [-0.3, -0.25) is 9.59 Å². The topological polar surface area (TPSA) is 87.7 Å². The van der Waals surface area contributed by atoms with Crippen molar-refractivity contribution < 1.29 is 19.1 Å². The second-order valence-corrected chi connectivity index (χ2v) is 7.70. The number of hydrogen-bond donors (Lipinski definition) is 2. The van der Waals surface area contributed by atoms with E-state index < -0.39 is 17.6 Å². The van der Waals surface area contributed by atoms with Gasteiger partial charge in [0.2, 0.25) is 11.8 Å². The van der Waals surface area contributed by atoms with Gasteiger partial charge in [-0.15, -0.1) is 0 Å². The summed E-state index contributed by atoms with van der Waals surface area (Å²) in [5.74, 6) is -0.481. The first-order valence-electron chi connectivity index (χ1n) is 7.94. The van der Waals surface area contributed by atoms with Crippen molar-refractivity contribution >= 4 is 45.2 Å². The largest absolute Gasteiger partial charge is 0.444 e. The summed E-state index contributed by atoms with van der Waals surface area (Å²) in [4.78, 5) is 37.2. The molecule has 7 nitrogen and oxygen atoms in total. The Balaban J connectivity index is 2.07. The molecule has 3 amide bonds. The number of fused-ring (bicyclic) bond motifs is 1. The molecule has 0 saturated carbocycles. The zero-order valence-electron chi connectivity index (χ0n) is 14.7. The lowest BCUT2D eigenvalue weighted by Gasteiger charge is -2.21. The van der Waals surface area contributed by atoms with Crippen LogP contribution in [0.5, 0.6) is 0 Å². The van der Waals surface area contributed by atoms with Crippen LogP contribution in [0.2, 0.25) is 0 Å². The van der Waals surface area contributed by atoms with Crippen LogP contribution in [0.1, 0.15) is 33.3 Å². The van der Waals surface area contributed by atoms with Crippen LogP contribution >= 0.6 is 15.9 Å². The number of nitrogens with zero attached hydrogens (tertiary/aromatic N) is 1. The molecule has 0 fully saturated rings. The molecule has 1 heterocycles. The van der Waals surface area contributed by atoms with Crippen molar-refractivity contribution in [1.29, 1.82) is 0 Å². The number of halogens is 1. The standard InChI is InChI=1S/C17H22BrN3O4/c1-10(22)21-6-5-11-7-12(18)8-13(15(11)21)20-14(23)9-19-16(24)25-17(2,3)4/h7-8H,5-6,9H2,1-4H3,(H,19,24)(H,20,23). The molecule has 0 radical (unpaired) electrons. The van der Waals surface area contributed by atoms with E-state index in [9.17, 15) is 14.4 Å². The molecule has 0 bridgehead atoms. The van der Waals surface area contributed by atoms with Crippen molar-refractivity contribution in [3.8, 4) is 0 Å². The maximum Gasteiger partial charge on any atom is 0.408 e. The van der Waals surface area contributed by atoms with Crippen molar-refractivity contribution in [2.24, 2.45) is 0 Å². The van der Waals surface area contributed by atoms with Gasteiger partial charge in [-0.2, -0.15) is 0 Å². The molecule has 1 aromatic carbocycles. The maximum absolute atomic E-state index is 12.2. The molecule has 0 saturated heterocycles. The zero-order valence-corrected chi connectivity index (χ0v) is 16.3. The summed E-state index contributed by atoms with van der Waals surface area (Å²) in [7, 11) is 0. The summed E-state index contributed by atoms with van der Waals surface area (Å²) < 4.78 is 5.90. The first-order valence-corrected chi connectivity index (χ1v) is 8.73. The van der Waals surface area contributed by atoms with Crippen LogP contribution in [-0.2, 0) is 20.7 Å². The van der Waals surface area contributed by atoms with E-state index in [0.717, 1.165) is 16.5 Å². The van der Waals surface area contributed by atoms with Gasteiger partial charge in [0.25, 0.3) is 0 Å². The highest BCUT2D eigenvalue weighted by atomic mass is 79.9. The third kappa shape index (κ3) is 5.19. The number of hydrogen-bond acceptors (Lipinski definition) is 4. The quantitative estimate of drug-likeness (QED) is 0.800. The summed E-state index contributed by atoms with van der Waals surface area (Å²) in [5, 5.41) is 5.16. The van der Waals surface area contributed by atoms with Gasteiger partial charge in [0.05, 0.1) is 11.4 Å². The van der Waals surface area contributed by atoms with Crippen LogP contribution in [0.4, 0.5) is 16.2 Å². The number of carbonyl (C=O) groups is 3. The normalized spacial score (nSPS) is 13.2. The molecule has 0 aliphatic carbocycles. The summed E-state index contributed by atoms with van der Waals surface area (Å²) >= 11 is 3.41. The Kier molecular flexibility index (Phi) is 5.72. The Morgan fingerprint density at radius 1 is 1.28 bits per heavy atom. The fourth-order valence-corrected chi connectivity index (χ4v) is 3.09. The molecule has 136 valence electrons. The molecule has 0 aromatic heterocycles. The van der Waals surface area contributed by atoms with Crippen LogP contribution in [0.3, 0.4) is 0 Å². The Bertz CT molecular complexity index is 713. The average Bonchev–Trinajstić information content (AvgIpc) is 2.87. The number of ether oxygens (including phenoxy) is 1. The van der Waals surface area contributed by atoms with Crippen molar-refractivity contribution in [2.45, 2.75) is 39.7 Å². The predicted molar refractivity (Wildman–Crippen MR) is 98.7 cm³/mol. The van der Waals surface area contributed by atoms with Crippen molar-refractivity contribution in [2.75, 3.05) is 23.3 Å². The van der Waals surface area contributed by atoms with Crippen molar-refractivity contribution in [3.05, 3.63) is 22.2 Å². The zero-order chi connectivity index (χ0) is 18.8. The van der Waals surface area contributed by atoms with Crippen LogP contribution in [0.15, 0.2) is 16.6 Å². The molecular weight excluding hydrogens is 390 g/mol. The summed E-state index contributed by atoms with van der Waals surface area (Å²) in [6.07, 6.45) is 0.0698. The average molecular weight is 412 g/mol. The molecule has 1 aliphatic rings. The first kappa shape index (κ1) is 19.2. The SMILES string of the molecule is CC(=O)N1CCc2cc(Br)cc(NC(=O)CNC(=O)OC(C)(C)C)c21. The molecule has 1 aliphatic heterocycles. The van der Waals surface area contributed by atoms with E-state index in [1.54, 1.807) is 31.7 Å². The summed E-state index contributed by atoms with van der Waals surface area (Å²) in [6.45, 7) is 7.08. The number of benzene rings is 1. The monoisotopic (exact) mass is 411 g/mol. The third-order valence-electron chi connectivity index (χ3n) is 3.47. The van der Waals surface area contributed by atoms with Crippen molar-refractivity contribution in [1.82, 2.24) is 5.32 Å². The second-order valence-electron chi connectivity index (χ2n) is 6.79. The Morgan fingerprint density at radius 3 is 2.56 bits per heavy atom. The molecule has 2 rings (SSSR count). The first-order chi connectivity index (χ1) is 11.6. The highest BCUT2D eigenvalue weighted by molar-refractivity contribution is 9.10. The van der Waals surface area contributed by atoms with Gasteiger partial charge in [-0.1, -0.05) is 15.9 Å². The Hall–Kier alpha value is -2.09. The number of nitrogens with one attached hydrogen (secondary N) is 2. The molecule has 2 N–H and O–H groups in total. The van der Waals surface area contributed by atoms with Gasteiger partial charge < -0.3 is 20.3 Å². The minimum absolute atomic E-state index is 0.0801. The lowest BCUT2D eigenvalue weighted by molar-refractivity contribution is -0.117. The number of rotatable bonds is 3. The molecule has 1 aromatic rings. The van der Waals surface area contributed by atoms with E-state index in [-0.39, 0.29) is 12.5 Å². The lowest BCUT2D eigenvalue weighted by atomic mass is 10.1. The van der Waals surface area contributed by atoms with Gasteiger partial charge in [-0.25, -0.2) is 4.79 Å². The third-order valence-corrected chi connectivity index (χ3v) is 3.93. The van der Waals surface area contributed by atoms with Crippen molar-refractivity contribution in [3.63, 3.8) is 0 Å². The fraction of sp³-hybridized carbons (Fsp3) is 0.471. The molecule has 0 atom stereocenters. The fourth-order valence-electron chi connectivity index (χ4n) is 2.58. The van der Waals surface area contributed by atoms with Gasteiger partial charge >= 0.3 is 6.09 Å². The summed E-state index contributed by atoms with van der Waals surface area (Å²) in [5.41, 5.74) is 1.60. The van der Waals surface area contributed by atoms with Gasteiger partial charge in [0.15, 0.2) is 0 Å². The van der Waals surface area contributed by atoms with E-state index in [1.165, 1.54) is 6.92 Å². The van der Waals surface area contributed by atoms with Gasteiger partial charge in [0.1, 0.15) is 12.1 Å².